The molecule has 0 bridgehead atoms. The Kier molecular flexibility index (Phi) is 6.01. The van der Waals surface area contributed by atoms with Gasteiger partial charge < -0.3 is 14.8 Å². The summed E-state index contributed by atoms with van der Waals surface area (Å²) in [7, 11) is 3.51. The van der Waals surface area contributed by atoms with E-state index >= 15 is 0 Å². The quantitative estimate of drug-likeness (QED) is 0.746. The summed E-state index contributed by atoms with van der Waals surface area (Å²) in [5, 5.41) is 8.01. The highest BCUT2D eigenvalue weighted by Crippen LogP contribution is 2.41. The van der Waals surface area contributed by atoms with Gasteiger partial charge in [0.05, 0.1) is 41.7 Å². The van der Waals surface area contributed by atoms with E-state index in [-0.39, 0.29) is 12.1 Å². The molecule has 2 rings (SSSR count). The van der Waals surface area contributed by atoms with E-state index in [1.165, 1.54) is 12.8 Å². The number of rotatable bonds is 9. The summed E-state index contributed by atoms with van der Waals surface area (Å²) < 4.78 is 14.0. The maximum Gasteiger partial charge on any atom is 0.0809 e. The Hall–Kier alpha value is -0.430. The summed E-state index contributed by atoms with van der Waals surface area (Å²) in [4.78, 5) is 0. The number of ether oxygens (including phenoxy) is 2. The van der Waals surface area contributed by atoms with Gasteiger partial charge in [0.25, 0.3) is 0 Å². The Bertz CT molecular complexity index is 421. The van der Waals surface area contributed by atoms with Crippen molar-refractivity contribution in [2.45, 2.75) is 38.5 Å². The third-order valence-electron chi connectivity index (χ3n) is 3.75. The van der Waals surface area contributed by atoms with E-state index in [4.69, 9.17) is 9.47 Å². The highest BCUT2D eigenvalue weighted by molar-refractivity contribution is 9.10. The van der Waals surface area contributed by atoms with Crippen molar-refractivity contribution in [3.63, 3.8) is 0 Å². The second kappa shape index (κ2) is 7.54. The summed E-state index contributed by atoms with van der Waals surface area (Å²) in [5.41, 5.74) is 1.16. The number of halogens is 1. The minimum absolute atomic E-state index is 0.159. The van der Waals surface area contributed by atoms with Crippen molar-refractivity contribution in [3.05, 3.63) is 16.4 Å². The fourth-order valence-corrected chi connectivity index (χ4v) is 3.19. The maximum absolute atomic E-state index is 5.77. The van der Waals surface area contributed by atoms with Crippen molar-refractivity contribution in [1.82, 2.24) is 15.1 Å². The molecule has 0 saturated heterocycles. The van der Waals surface area contributed by atoms with E-state index in [0.29, 0.717) is 12.5 Å². The van der Waals surface area contributed by atoms with Crippen molar-refractivity contribution in [1.29, 1.82) is 0 Å². The number of methoxy groups -OCH3 is 2. The van der Waals surface area contributed by atoms with Crippen LogP contribution in [0.15, 0.2) is 10.7 Å². The molecule has 0 aliphatic heterocycles. The van der Waals surface area contributed by atoms with Crippen LogP contribution in [0.25, 0.3) is 0 Å². The van der Waals surface area contributed by atoms with Gasteiger partial charge >= 0.3 is 0 Å². The number of hydrogen-bond donors (Lipinski definition) is 1. The number of likely N-dealkylation sites (N-methyl/N-ethyl adjacent to an activating group) is 1. The van der Waals surface area contributed by atoms with Crippen LogP contribution < -0.4 is 5.32 Å². The average molecular weight is 346 g/mol. The van der Waals surface area contributed by atoms with Crippen molar-refractivity contribution < 1.29 is 9.47 Å². The number of hydrogen-bond acceptors (Lipinski definition) is 4. The molecule has 0 spiro atoms. The first kappa shape index (κ1) is 15.9. The monoisotopic (exact) mass is 345 g/mol. The van der Waals surface area contributed by atoms with Crippen LogP contribution >= 0.6 is 15.9 Å². The van der Waals surface area contributed by atoms with E-state index in [1.54, 1.807) is 14.2 Å². The average Bonchev–Trinajstić information content (AvgIpc) is 3.21. The van der Waals surface area contributed by atoms with Gasteiger partial charge in [0.1, 0.15) is 0 Å². The standard InChI is InChI=1S/C14H24BrN3O2/c1-4-16-12(14(20-3)10-5-6-10)13-11(15)9-17-18(13)7-8-19-2/h9-10,12,14,16H,4-8H2,1-3H3. The number of aromatic nitrogens is 2. The predicted octanol–water partition coefficient (Wildman–Crippen LogP) is 2.37. The van der Waals surface area contributed by atoms with E-state index < -0.39 is 0 Å². The van der Waals surface area contributed by atoms with Gasteiger partial charge in [-0.3, -0.25) is 4.68 Å². The third-order valence-corrected chi connectivity index (χ3v) is 4.36. The lowest BCUT2D eigenvalue weighted by Crippen LogP contribution is -2.36. The zero-order chi connectivity index (χ0) is 14.5. The van der Waals surface area contributed by atoms with Crippen molar-refractivity contribution >= 4 is 15.9 Å². The smallest absolute Gasteiger partial charge is 0.0809 e. The fourth-order valence-electron chi connectivity index (χ4n) is 2.65. The lowest BCUT2D eigenvalue weighted by molar-refractivity contribution is 0.0476. The van der Waals surface area contributed by atoms with E-state index in [0.717, 1.165) is 23.3 Å². The molecule has 6 heteroatoms. The Morgan fingerprint density at radius 2 is 2.25 bits per heavy atom. The minimum atomic E-state index is 0.159. The van der Waals surface area contributed by atoms with Crippen LogP contribution in [0.2, 0.25) is 0 Å². The fraction of sp³-hybridized carbons (Fsp3) is 0.786. The number of nitrogens with zero attached hydrogens (tertiary/aromatic N) is 2. The molecule has 1 N–H and O–H groups in total. The largest absolute Gasteiger partial charge is 0.383 e. The first-order valence-electron chi connectivity index (χ1n) is 7.19. The van der Waals surface area contributed by atoms with E-state index in [2.05, 4.69) is 33.3 Å². The van der Waals surface area contributed by atoms with Gasteiger partial charge in [-0.15, -0.1) is 0 Å². The van der Waals surface area contributed by atoms with Gasteiger partial charge in [-0.1, -0.05) is 6.92 Å². The molecule has 1 heterocycles. The summed E-state index contributed by atoms with van der Waals surface area (Å²) in [6.45, 7) is 4.43. The number of nitrogens with one attached hydrogen (secondary N) is 1. The normalized spacial score (nSPS) is 18.2. The molecule has 5 nitrogen and oxygen atoms in total. The Morgan fingerprint density at radius 1 is 1.50 bits per heavy atom. The topological polar surface area (TPSA) is 48.3 Å². The molecule has 0 radical (unpaired) electrons. The zero-order valence-corrected chi connectivity index (χ0v) is 14.0. The highest BCUT2D eigenvalue weighted by Gasteiger charge is 2.39. The summed E-state index contributed by atoms with van der Waals surface area (Å²) in [5.74, 6) is 0.654. The Balaban J connectivity index is 2.25. The first-order chi connectivity index (χ1) is 9.72. The molecular formula is C14H24BrN3O2. The van der Waals surface area contributed by atoms with Crippen LogP contribution in [0.5, 0.6) is 0 Å². The molecule has 1 aromatic rings. The first-order valence-corrected chi connectivity index (χ1v) is 7.98. The van der Waals surface area contributed by atoms with Gasteiger partial charge in [-0.25, -0.2) is 0 Å². The second-order valence-electron chi connectivity index (χ2n) is 5.17. The summed E-state index contributed by atoms with van der Waals surface area (Å²) in [6.07, 6.45) is 4.56. The van der Waals surface area contributed by atoms with Crippen molar-refractivity contribution in [3.8, 4) is 0 Å². The third kappa shape index (κ3) is 3.61. The van der Waals surface area contributed by atoms with Crippen molar-refractivity contribution in [2.24, 2.45) is 5.92 Å². The van der Waals surface area contributed by atoms with Gasteiger partial charge in [0, 0.05) is 14.2 Å². The van der Waals surface area contributed by atoms with Crippen LogP contribution in [0.3, 0.4) is 0 Å². The molecule has 1 fully saturated rings. The molecule has 0 aromatic carbocycles. The molecular weight excluding hydrogens is 322 g/mol. The van der Waals surface area contributed by atoms with Crippen LogP contribution in [0.4, 0.5) is 0 Å². The van der Waals surface area contributed by atoms with Crippen LogP contribution in [0, 0.1) is 5.92 Å². The van der Waals surface area contributed by atoms with Crippen LogP contribution in [0.1, 0.15) is 31.5 Å². The molecule has 1 aromatic heterocycles. The molecule has 114 valence electrons. The van der Waals surface area contributed by atoms with E-state index in [1.807, 2.05) is 10.9 Å². The molecule has 1 aliphatic carbocycles. The minimum Gasteiger partial charge on any atom is -0.383 e. The molecule has 1 saturated carbocycles. The molecule has 2 atom stereocenters. The summed E-state index contributed by atoms with van der Waals surface area (Å²) in [6, 6.07) is 0.159. The van der Waals surface area contributed by atoms with E-state index in [9.17, 15) is 0 Å². The lowest BCUT2D eigenvalue weighted by atomic mass is 10.0. The van der Waals surface area contributed by atoms with Gasteiger partial charge in [0.15, 0.2) is 0 Å². The Morgan fingerprint density at radius 3 is 2.80 bits per heavy atom. The zero-order valence-electron chi connectivity index (χ0n) is 12.4. The van der Waals surface area contributed by atoms with Gasteiger partial charge in [-0.2, -0.15) is 5.10 Å². The maximum atomic E-state index is 5.77. The molecule has 1 aliphatic rings. The second-order valence-corrected chi connectivity index (χ2v) is 6.02. The lowest BCUT2D eigenvalue weighted by Gasteiger charge is -2.28. The SMILES string of the molecule is CCNC(c1c(Br)cnn1CCOC)C(OC)C1CC1. The molecule has 0 amide bonds. The Labute approximate surface area is 129 Å². The van der Waals surface area contributed by atoms with Gasteiger partial charge in [0.2, 0.25) is 0 Å². The van der Waals surface area contributed by atoms with Crippen LogP contribution in [-0.2, 0) is 16.0 Å². The summed E-state index contributed by atoms with van der Waals surface area (Å²) >= 11 is 3.63. The van der Waals surface area contributed by atoms with Crippen molar-refractivity contribution in [2.75, 3.05) is 27.4 Å². The molecule has 20 heavy (non-hydrogen) atoms. The predicted molar refractivity (Wildman–Crippen MR) is 81.7 cm³/mol. The van der Waals surface area contributed by atoms with Gasteiger partial charge in [-0.05, 0) is 41.2 Å². The van der Waals surface area contributed by atoms with Crippen LogP contribution in [-0.4, -0.2) is 43.3 Å². The highest BCUT2D eigenvalue weighted by atomic mass is 79.9. The molecule has 2 unspecified atom stereocenters.